The van der Waals surface area contributed by atoms with Crippen molar-refractivity contribution in [2.45, 2.75) is 50.5 Å². The van der Waals surface area contributed by atoms with E-state index in [2.05, 4.69) is 17.9 Å². The number of carbonyl (C=O) groups is 3. The summed E-state index contributed by atoms with van der Waals surface area (Å²) in [7, 11) is 3.87. The minimum absolute atomic E-state index is 0.0354. The number of Topliss-reactive ketones (excluding diaryl/α,β-unsaturated/α-hetero) is 2. The first-order valence-corrected chi connectivity index (χ1v) is 14.8. The standard InChI is InChI=1S/C35H34N2O7/c1-37(2)23-12-10-19(11-13-23)24-15-20(9-8-18-6-4-3-5-7-18)30(39)28-25(24)16-21-14-22-17-26(38)29(34(36)43)33(42)35(22,44)32(41)27(21)31(28)40/h6,10-13,15,21-22,39-40,42,44H,3-5,7,14,16-17H2,1-2H3,(H2,36,43). The number of hydrogen-bond acceptors (Lipinski definition) is 8. The zero-order chi connectivity index (χ0) is 31.5. The SMILES string of the molecule is CN(C)c1ccc(-c2cc(C#CC3=CCCCC3)c(O)c3c2CC2CC4CC(=O)C(C(N)=O)=C(O)C4(O)C(=O)C2=C3O)cc1. The van der Waals surface area contributed by atoms with E-state index in [1.807, 2.05) is 43.3 Å². The zero-order valence-corrected chi connectivity index (χ0v) is 24.6. The van der Waals surface area contributed by atoms with Gasteiger partial charge in [0.15, 0.2) is 11.4 Å². The van der Waals surface area contributed by atoms with Gasteiger partial charge in [0.1, 0.15) is 22.8 Å². The summed E-state index contributed by atoms with van der Waals surface area (Å²) in [5.74, 6) is -0.343. The van der Waals surface area contributed by atoms with Gasteiger partial charge in [-0.25, -0.2) is 0 Å². The van der Waals surface area contributed by atoms with Crippen LogP contribution < -0.4 is 10.6 Å². The first-order valence-electron chi connectivity index (χ1n) is 14.8. The van der Waals surface area contributed by atoms with Crippen LogP contribution in [0.15, 0.2) is 58.9 Å². The van der Waals surface area contributed by atoms with Gasteiger partial charge in [0.05, 0.1) is 11.1 Å². The molecule has 0 heterocycles. The summed E-state index contributed by atoms with van der Waals surface area (Å²) in [6.07, 6.45) is 5.92. The van der Waals surface area contributed by atoms with Crippen molar-refractivity contribution in [3.8, 4) is 28.7 Å². The van der Waals surface area contributed by atoms with Crippen molar-refractivity contribution in [1.82, 2.24) is 0 Å². The van der Waals surface area contributed by atoms with Crippen LogP contribution in [0.2, 0.25) is 0 Å². The van der Waals surface area contributed by atoms with Crippen LogP contribution in [0.3, 0.4) is 0 Å². The normalized spacial score (nSPS) is 24.5. The topological polar surface area (TPSA) is 161 Å². The summed E-state index contributed by atoms with van der Waals surface area (Å²) in [6, 6.07) is 9.60. The Bertz CT molecular complexity index is 1790. The molecule has 1 amide bonds. The zero-order valence-electron chi connectivity index (χ0n) is 24.6. The van der Waals surface area contributed by atoms with E-state index < -0.39 is 52.0 Å². The number of carbonyl (C=O) groups excluding carboxylic acids is 3. The summed E-state index contributed by atoms with van der Waals surface area (Å²) in [5, 5.41) is 45.7. The number of aliphatic hydroxyl groups excluding tert-OH is 2. The molecule has 0 aliphatic heterocycles. The highest BCUT2D eigenvalue weighted by Gasteiger charge is 2.60. The Morgan fingerprint density at radius 3 is 2.41 bits per heavy atom. The van der Waals surface area contributed by atoms with Gasteiger partial charge < -0.3 is 31.1 Å². The van der Waals surface area contributed by atoms with Gasteiger partial charge in [-0.1, -0.05) is 30.0 Å². The van der Waals surface area contributed by atoms with Crippen LogP contribution in [-0.4, -0.2) is 57.6 Å². The highest BCUT2D eigenvalue weighted by atomic mass is 16.3. The summed E-state index contributed by atoms with van der Waals surface area (Å²) in [6.45, 7) is 0. The predicted octanol–water partition coefficient (Wildman–Crippen LogP) is 4.01. The number of hydrogen-bond donors (Lipinski definition) is 5. The molecule has 226 valence electrons. The molecule has 0 aromatic heterocycles. The molecular formula is C35H34N2O7. The van der Waals surface area contributed by atoms with E-state index in [1.54, 1.807) is 6.07 Å². The fraction of sp³-hybridized carbons (Fsp3) is 0.343. The molecule has 1 fully saturated rings. The fourth-order valence-electron chi connectivity index (χ4n) is 7.08. The molecule has 4 aliphatic carbocycles. The number of aliphatic hydroxyl groups is 3. The van der Waals surface area contributed by atoms with Gasteiger partial charge in [0, 0.05) is 37.7 Å². The largest absolute Gasteiger partial charge is 0.508 e. The maximum atomic E-state index is 14.0. The van der Waals surface area contributed by atoms with Crippen LogP contribution in [0.4, 0.5) is 5.69 Å². The lowest BCUT2D eigenvalue weighted by Gasteiger charge is -2.46. The Balaban J connectivity index is 1.56. The summed E-state index contributed by atoms with van der Waals surface area (Å²) < 4.78 is 0. The van der Waals surface area contributed by atoms with Crippen molar-refractivity contribution >= 4 is 28.9 Å². The van der Waals surface area contributed by atoms with Gasteiger partial charge in [-0.15, -0.1) is 0 Å². The van der Waals surface area contributed by atoms with E-state index in [1.165, 1.54) is 0 Å². The Labute approximate surface area is 255 Å². The van der Waals surface area contributed by atoms with Crippen LogP contribution in [-0.2, 0) is 20.8 Å². The summed E-state index contributed by atoms with van der Waals surface area (Å²) >= 11 is 0. The summed E-state index contributed by atoms with van der Waals surface area (Å²) in [4.78, 5) is 40.6. The van der Waals surface area contributed by atoms with Crippen LogP contribution in [0, 0.1) is 23.7 Å². The molecule has 0 spiro atoms. The van der Waals surface area contributed by atoms with Crippen LogP contribution in [0.5, 0.6) is 5.75 Å². The second kappa shape index (κ2) is 10.7. The van der Waals surface area contributed by atoms with Crippen molar-refractivity contribution in [2.24, 2.45) is 17.6 Å². The number of nitrogens with two attached hydrogens (primary N) is 1. The van der Waals surface area contributed by atoms with E-state index in [0.29, 0.717) is 5.56 Å². The molecule has 2 aromatic carbocycles. The maximum Gasteiger partial charge on any atom is 0.255 e. The molecule has 9 nitrogen and oxygen atoms in total. The second-order valence-electron chi connectivity index (χ2n) is 12.2. The van der Waals surface area contributed by atoms with E-state index in [-0.39, 0.29) is 41.7 Å². The Morgan fingerprint density at radius 2 is 1.77 bits per heavy atom. The van der Waals surface area contributed by atoms with E-state index in [0.717, 1.165) is 48.1 Å². The van der Waals surface area contributed by atoms with Gasteiger partial charge >= 0.3 is 0 Å². The molecule has 2 aromatic rings. The molecule has 1 saturated carbocycles. The van der Waals surface area contributed by atoms with Crippen LogP contribution >= 0.6 is 0 Å². The number of anilines is 1. The highest BCUT2D eigenvalue weighted by molar-refractivity contribution is 6.22. The molecule has 0 bridgehead atoms. The third-order valence-electron chi connectivity index (χ3n) is 9.41. The molecule has 0 saturated heterocycles. The Hall–Kier alpha value is -4.81. The van der Waals surface area contributed by atoms with Gasteiger partial charge in [0.2, 0.25) is 5.78 Å². The average Bonchev–Trinajstić information content (AvgIpc) is 2.99. The number of allylic oxidation sites excluding steroid dienone is 2. The third kappa shape index (κ3) is 4.49. The first-order chi connectivity index (χ1) is 20.9. The smallest absolute Gasteiger partial charge is 0.255 e. The van der Waals surface area contributed by atoms with Crippen molar-refractivity contribution in [2.75, 3.05) is 19.0 Å². The predicted molar refractivity (Wildman–Crippen MR) is 165 cm³/mol. The number of benzene rings is 2. The highest BCUT2D eigenvalue weighted by Crippen LogP contribution is 2.53. The van der Waals surface area contributed by atoms with E-state index >= 15 is 0 Å². The minimum atomic E-state index is -2.61. The van der Waals surface area contributed by atoms with Gasteiger partial charge in [0.25, 0.3) is 5.91 Å². The number of amides is 1. The second-order valence-corrected chi connectivity index (χ2v) is 12.2. The third-order valence-corrected chi connectivity index (χ3v) is 9.41. The molecular weight excluding hydrogens is 560 g/mol. The lowest BCUT2D eigenvalue weighted by atomic mass is 9.59. The fourth-order valence-corrected chi connectivity index (χ4v) is 7.08. The molecule has 9 heteroatoms. The van der Waals surface area contributed by atoms with Gasteiger partial charge in [-0.2, -0.15) is 0 Å². The molecule has 3 unspecified atom stereocenters. The Kier molecular flexibility index (Phi) is 7.13. The van der Waals surface area contributed by atoms with Crippen molar-refractivity contribution in [3.63, 3.8) is 0 Å². The number of phenols is 1. The van der Waals surface area contributed by atoms with Crippen molar-refractivity contribution in [1.29, 1.82) is 0 Å². The lowest BCUT2D eigenvalue weighted by molar-refractivity contribution is -0.147. The first kappa shape index (κ1) is 29.3. The van der Waals surface area contributed by atoms with E-state index in [4.69, 9.17) is 5.73 Å². The summed E-state index contributed by atoms with van der Waals surface area (Å²) in [5.41, 5.74) is 6.12. The molecule has 6 N–H and O–H groups in total. The molecule has 3 atom stereocenters. The molecule has 6 rings (SSSR count). The van der Waals surface area contributed by atoms with Gasteiger partial charge in [-0.05, 0) is 84.9 Å². The lowest BCUT2D eigenvalue weighted by Crippen LogP contribution is -2.58. The number of primary amides is 1. The Morgan fingerprint density at radius 1 is 1.05 bits per heavy atom. The quantitative estimate of drug-likeness (QED) is 0.263. The number of rotatable bonds is 3. The monoisotopic (exact) mass is 594 g/mol. The molecule has 0 radical (unpaired) electrons. The number of aromatic hydroxyl groups is 1. The number of fused-ring (bicyclic) bond motifs is 3. The average molecular weight is 595 g/mol. The number of ketones is 2. The van der Waals surface area contributed by atoms with Crippen molar-refractivity contribution in [3.05, 3.63) is 75.6 Å². The molecule has 44 heavy (non-hydrogen) atoms. The number of phenolic OH excluding ortho intramolecular Hbond substituents is 1. The number of nitrogens with zero attached hydrogens (tertiary/aromatic N) is 1. The molecule has 4 aliphatic rings. The maximum absolute atomic E-state index is 14.0. The van der Waals surface area contributed by atoms with Crippen molar-refractivity contribution < 1.29 is 34.8 Å². The van der Waals surface area contributed by atoms with Gasteiger partial charge in [-0.3, -0.25) is 14.4 Å². The van der Waals surface area contributed by atoms with Crippen LogP contribution in [0.25, 0.3) is 16.9 Å². The van der Waals surface area contributed by atoms with Crippen LogP contribution in [0.1, 0.15) is 55.2 Å². The minimum Gasteiger partial charge on any atom is -0.508 e. The van der Waals surface area contributed by atoms with E-state index in [9.17, 15) is 34.8 Å².